The van der Waals surface area contributed by atoms with Crippen LogP contribution in [0.15, 0.2) is 23.6 Å². The van der Waals surface area contributed by atoms with E-state index in [1.165, 1.54) is 0 Å². The molecule has 80 valence electrons. The van der Waals surface area contributed by atoms with Crippen molar-refractivity contribution in [2.75, 3.05) is 6.54 Å². The van der Waals surface area contributed by atoms with Gasteiger partial charge in [0.2, 0.25) is 0 Å². The van der Waals surface area contributed by atoms with E-state index < -0.39 is 0 Å². The summed E-state index contributed by atoms with van der Waals surface area (Å²) in [6.45, 7) is 4.68. The molecule has 15 heavy (non-hydrogen) atoms. The third-order valence-corrected chi connectivity index (χ3v) is 1.92. The SMILES string of the molecule is CC(C)n1cc(C=CCCN=[N+]=[N-])cn1. The number of nitrogens with zero attached hydrogens (tertiary/aromatic N) is 5. The number of rotatable bonds is 5. The third kappa shape index (κ3) is 3.87. The molecule has 0 saturated heterocycles. The van der Waals surface area contributed by atoms with Gasteiger partial charge in [-0.25, -0.2) is 0 Å². The highest BCUT2D eigenvalue weighted by molar-refractivity contribution is 5.46. The van der Waals surface area contributed by atoms with E-state index in [-0.39, 0.29) is 0 Å². The highest BCUT2D eigenvalue weighted by atomic mass is 15.3. The molecular weight excluding hydrogens is 190 g/mol. The predicted molar refractivity (Wildman–Crippen MR) is 60.3 cm³/mol. The minimum Gasteiger partial charge on any atom is -0.270 e. The van der Waals surface area contributed by atoms with Crippen molar-refractivity contribution in [2.24, 2.45) is 5.11 Å². The van der Waals surface area contributed by atoms with Crippen LogP contribution in [0.3, 0.4) is 0 Å². The molecule has 0 atom stereocenters. The summed E-state index contributed by atoms with van der Waals surface area (Å²) < 4.78 is 1.91. The van der Waals surface area contributed by atoms with Gasteiger partial charge in [0.15, 0.2) is 0 Å². The van der Waals surface area contributed by atoms with Gasteiger partial charge in [0.1, 0.15) is 0 Å². The summed E-state index contributed by atoms with van der Waals surface area (Å²) >= 11 is 0. The first kappa shape index (κ1) is 11.3. The van der Waals surface area contributed by atoms with Crippen LogP contribution in [0, 0.1) is 0 Å². The molecule has 0 aliphatic rings. The lowest BCUT2D eigenvalue weighted by Crippen LogP contribution is -1.99. The van der Waals surface area contributed by atoms with Gasteiger partial charge in [0, 0.05) is 29.3 Å². The smallest absolute Gasteiger partial charge is 0.0562 e. The Morgan fingerprint density at radius 2 is 2.47 bits per heavy atom. The Hall–Kier alpha value is -1.74. The normalized spacial score (nSPS) is 10.9. The van der Waals surface area contributed by atoms with Crippen molar-refractivity contribution in [1.29, 1.82) is 0 Å². The molecule has 1 rings (SSSR count). The maximum atomic E-state index is 8.07. The second-order valence-electron chi connectivity index (χ2n) is 3.49. The Morgan fingerprint density at radius 3 is 3.07 bits per heavy atom. The summed E-state index contributed by atoms with van der Waals surface area (Å²) in [5.74, 6) is 0. The molecule has 0 N–H and O–H groups in total. The number of hydrogen-bond donors (Lipinski definition) is 0. The van der Waals surface area contributed by atoms with E-state index in [0.29, 0.717) is 12.6 Å². The Balaban J connectivity index is 2.46. The maximum absolute atomic E-state index is 8.07. The Kier molecular flexibility index (Phi) is 4.44. The molecule has 0 spiro atoms. The molecule has 0 radical (unpaired) electrons. The Bertz CT molecular complexity index is 371. The van der Waals surface area contributed by atoms with Crippen molar-refractivity contribution in [3.63, 3.8) is 0 Å². The van der Waals surface area contributed by atoms with Gasteiger partial charge in [0.25, 0.3) is 0 Å². The van der Waals surface area contributed by atoms with Gasteiger partial charge in [-0.3, -0.25) is 4.68 Å². The highest BCUT2D eigenvalue weighted by Gasteiger charge is 1.97. The van der Waals surface area contributed by atoms with Crippen LogP contribution in [0.25, 0.3) is 16.5 Å². The lowest BCUT2D eigenvalue weighted by atomic mass is 10.3. The van der Waals surface area contributed by atoms with Crippen LogP contribution in [0.4, 0.5) is 0 Å². The lowest BCUT2D eigenvalue weighted by molar-refractivity contribution is 0.532. The fourth-order valence-electron chi connectivity index (χ4n) is 1.12. The molecular formula is C10H15N5. The topological polar surface area (TPSA) is 66.6 Å². The molecule has 1 aromatic heterocycles. The van der Waals surface area contributed by atoms with Crippen molar-refractivity contribution in [3.8, 4) is 0 Å². The summed E-state index contributed by atoms with van der Waals surface area (Å²) in [5, 5.41) is 7.66. The number of aromatic nitrogens is 2. The summed E-state index contributed by atoms with van der Waals surface area (Å²) in [4.78, 5) is 2.68. The molecule has 0 aliphatic carbocycles. The standard InChI is InChI=1S/C10H15N5/c1-9(2)15-8-10(7-13-15)5-3-4-6-12-14-11/h3,5,7-9H,4,6H2,1-2H3. The predicted octanol–water partition coefficient (Wildman–Crippen LogP) is 3.18. The molecule has 0 saturated carbocycles. The Labute approximate surface area is 89.0 Å². The van der Waals surface area contributed by atoms with E-state index in [9.17, 15) is 0 Å². The van der Waals surface area contributed by atoms with Gasteiger partial charge in [-0.1, -0.05) is 17.3 Å². The van der Waals surface area contributed by atoms with Gasteiger partial charge >= 0.3 is 0 Å². The van der Waals surface area contributed by atoms with Gasteiger partial charge in [-0.2, -0.15) is 5.10 Å². The van der Waals surface area contributed by atoms with Crippen LogP contribution < -0.4 is 0 Å². The zero-order chi connectivity index (χ0) is 11.1. The fraction of sp³-hybridized carbons (Fsp3) is 0.500. The molecule has 0 bridgehead atoms. The van der Waals surface area contributed by atoms with E-state index in [0.717, 1.165) is 12.0 Å². The molecule has 1 aromatic rings. The van der Waals surface area contributed by atoms with Crippen molar-refractivity contribution < 1.29 is 0 Å². The van der Waals surface area contributed by atoms with E-state index >= 15 is 0 Å². The highest BCUT2D eigenvalue weighted by Crippen LogP contribution is 2.07. The summed E-state index contributed by atoms with van der Waals surface area (Å²) in [6, 6.07) is 0.385. The molecule has 5 nitrogen and oxygen atoms in total. The van der Waals surface area contributed by atoms with Crippen LogP contribution in [-0.4, -0.2) is 16.3 Å². The quantitative estimate of drug-likeness (QED) is 0.315. The van der Waals surface area contributed by atoms with Crippen molar-refractivity contribution in [1.82, 2.24) is 9.78 Å². The molecule has 5 heteroatoms. The minimum atomic E-state index is 0.385. The molecule has 0 unspecified atom stereocenters. The van der Waals surface area contributed by atoms with Crippen LogP contribution >= 0.6 is 0 Å². The minimum absolute atomic E-state index is 0.385. The van der Waals surface area contributed by atoms with Gasteiger partial charge < -0.3 is 0 Å². The van der Waals surface area contributed by atoms with Crippen molar-refractivity contribution in [2.45, 2.75) is 26.3 Å². The molecule has 0 amide bonds. The van der Waals surface area contributed by atoms with E-state index in [1.807, 2.05) is 29.2 Å². The van der Waals surface area contributed by atoms with E-state index in [2.05, 4.69) is 29.0 Å². The molecule has 0 aliphatic heterocycles. The van der Waals surface area contributed by atoms with Gasteiger partial charge in [0.05, 0.1) is 6.20 Å². The summed E-state index contributed by atoms with van der Waals surface area (Å²) in [5.41, 5.74) is 9.14. The molecule has 0 fully saturated rings. The van der Waals surface area contributed by atoms with Crippen molar-refractivity contribution in [3.05, 3.63) is 34.5 Å². The third-order valence-electron chi connectivity index (χ3n) is 1.92. The zero-order valence-electron chi connectivity index (χ0n) is 9.04. The van der Waals surface area contributed by atoms with Crippen LogP contribution in [0.2, 0.25) is 0 Å². The van der Waals surface area contributed by atoms with E-state index in [1.54, 1.807) is 0 Å². The zero-order valence-corrected chi connectivity index (χ0v) is 9.04. The molecule has 0 aromatic carbocycles. The first-order valence-corrected chi connectivity index (χ1v) is 4.95. The maximum Gasteiger partial charge on any atom is 0.0562 e. The van der Waals surface area contributed by atoms with Crippen LogP contribution in [0.5, 0.6) is 0 Å². The lowest BCUT2D eigenvalue weighted by Gasteiger charge is -2.02. The number of hydrogen-bond acceptors (Lipinski definition) is 2. The monoisotopic (exact) mass is 205 g/mol. The summed E-state index contributed by atoms with van der Waals surface area (Å²) in [7, 11) is 0. The van der Waals surface area contributed by atoms with E-state index in [4.69, 9.17) is 5.53 Å². The largest absolute Gasteiger partial charge is 0.270 e. The van der Waals surface area contributed by atoms with Crippen molar-refractivity contribution >= 4 is 6.08 Å². The van der Waals surface area contributed by atoms with Gasteiger partial charge in [-0.05, 0) is 25.8 Å². The second-order valence-corrected chi connectivity index (χ2v) is 3.49. The second kappa shape index (κ2) is 5.88. The molecule has 1 heterocycles. The first-order valence-electron chi connectivity index (χ1n) is 4.95. The van der Waals surface area contributed by atoms with Gasteiger partial charge in [-0.15, -0.1) is 0 Å². The van der Waals surface area contributed by atoms with Crippen LogP contribution in [-0.2, 0) is 0 Å². The average molecular weight is 205 g/mol. The summed E-state index contributed by atoms with van der Waals surface area (Å²) in [6.07, 6.45) is 8.55. The number of azide groups is 1. The first-order chi connectivity index (χ1) is 7.24. The fourth-order valence-corrected chi connectivity index (χ4v) is 1.12. The van der Waals surface area contributed by atoms with Crippen LogP contribution in [0.1, 0.15) is 31.9 Å². The average Bonchev–Trinajstić information content (AvgIpc) is 2.66. The Morgan fingerprint density at radius 1 is 1.67 bits per heavy atom.